The van der Waals surface area contributed by atoms with Gasteiger partial charge in [0.25, 0.3) is 0 Å². The van der Waals surface area contributed by atoms with E-state index in [9.17, 15) is 18.0 Å². The van der Waals surface area contributed by atoms with Crippen LogP contribution in [-0.4, -0.2) is 17.0 Å². The highest BCUT2D eigenvalue weighted by molar-refractivity contribution is 5.85. The zero-order valence-electron chi connectivity index (χ0n) is 5.64. The number of rotatable bonds is 3. The fourth-order valence-electron chi connectivity index (χ4n) is 0.382. The topological polar surface area (TPSA) is 37.3 Å². The van der Waals surface area contributed by atoms with Crippen LogP contribution in [0, 0.1) is 6.67 Å². The SMILES string of the molecule is CC(=CC(F)(F)[CH]F)C(=O)O. The first kappa shape index (κ1) is 10.0. The highest BCUT2D eigenvalue weighted by Gasteiger charge is 2.27. The molecule has 0 amide bonds. The molecular formula is C6H6F3O2. The van der Waals surface area contributed by atoms with Gasteiger partial charge >= 0.3 is 11.9 Å². The van der Waals surface area contributed by atoms with E-state index in [0.29, 0.717) is 0 Å². The largest absolute Gasteiger partial charge is 0.478 e. The van der Waals surface area contributed by atoms with E-state index >= 15 is 0 Å². The summed E-state index contributed by atoms with van der Waals surface area (Å²) in [5, 5.41) is 8.10. The van der Waals surface area contributed by atoms with Gasteiger partial charge in [-0.1, -0.05) is 0 Å². The third-order valence-electron chi connectivity index (χ3n) is 0.892. The van der Waals surface area contributed by atoms with E-state index in [1.807, 2.05) is 0 Å². The minimum atomic E-state index is -3.79. The summed E-state index contributed by atoms with van der Waals surface area (Å²) in [5.74, 6) is -5.28. The van der Waals surface area contributed by atoms with E-state index in [-0.39, 0.29) is 6.08 Å². The van der Waals surface area contributed by atoms with Crippen LogP contribution in [0.3, 0.4) is 0 Å². The van der Waals surface area contributed by atoms with Gasteiger partial charge in [-0.2, -0.15) is 8.78 Å². The molecule has 2 nitrogen and oxygen atoms in total. The molecule has 0 saturated carbocycles. The normalized spacial score (nSPS) is 13.3. The average Bonchev–Trinajstić information content (AvgIpc) is 1.87. The van der Waals surface area contributed by atoms with E-state index < -0.39 is 24.1 Å². The van der Waals surface area contributed by atoms with Crippen molar-refractivity contribution in [3.05, 3.63) is 18.3 Å². The van der Waals surface area contributed by atoms with E-state index in [4.69, 9.17) is 5.11 Å². The lowest BCUT2D eigenvalue weighted by molar-refractivity contribution is -0.132. The molecule has 0 heterocycles. The first-order valence-electron chi connectivity index (χ1n) is 2.64. The molecule has 0 aromatic rings. The van der Waals surface area contributed by atoms with Crippen molar-refractivity contribution in [3.63, 3.8) is 0 Å². The van der Waals surface area contributed by atoms with Crippen LogP contribution in [0.5, 0.6) is 0 Å². The Morgan fingerprint density at radius 3 is 2.27 bits per heavy atom. The number of carbonyl (C=O) groups is 1. The van der Waals surface area contributed by atoms with E-state index in [2.05, 4.69) is 0 Å². The number of carboxylic acid groups (broad SMARTS) is 1. The zero-order chi connectivity index (χ0) is 9.07. The summed E-state index contributed by atoms with van der Waals surface area (Å²) in [5.41, 5.74) is -0.594. The first-order valence-corrected chi connectivity index (χ1v) is 2.64. The number of hydrogen-bond donors (Lipinski definition) is 1. The van der Waals surface area contributed by atoms with Crippen LogP contribution >= 0.6 is 0 Å². The third kappa shape index (κ3) is 3.64. The van der Waals surface area contributed by atoms with Gasteiger partial charge in [0.2, 0.25) is 6.67 Å². The summed E-state index contributed by atoms with van der Waals surface area (Å²) in [7, 11) is 0. The molecule has 5 heteroatoms. The Kier molecular flexibility index (Phi) is 3.10. The van der Waals surface area contributed by atoms with Gasteiger partial charge in [0, 0.05) is 5.57 Å². The molecule has 0 aliphatic heterocycles. The Morgan fingerprint density at radius 2 is 2.00 bits per heavy atom. The summed E-state index contributed by atoms with van der Waals surface area (Å²) >= 11 is 0. The second-order valence-electron chi connectivity index (χ2n) is 1.92. The number of halogens is 3. The van der Waals surface area contributed by atoms with E-state index in [0.717, 1.165) is 6.92 Å². The zero-order valence-corrected chi connectivity index (χ0v) is 5.64. The number of allylic oxidation sites excluding steroid dienone is 1. The molecule has 0 atom stereocenters. The Hall–Kier alpha value is -1.00. The second kappa shape index (κ2) is 3.41. The van der Waals surface area contributed by atoms with E-state index in [1.54, 1.807) is 0 Å². The second-order valence-corrected chi connectivity index (χ2v) is 1.92. The summed E-state index contributed by atoms with van der Waals surface area (Å²) in [6, 6.07) is 0. The molecule has 0 unspecified atom stereocenters. The van der Waals surface area contributed by atoms with Crippen LogP contribution in [0.1, 0.15) is 6.92 Å². The van der Waals surface area contributed by atoms with Crippen molar-refractivity contribution in [2.75, 3.05) is 0 Å². The lowest BCUT2D eigenvalue weighted by Crippen LogP contribution is -2.12. The Morgan fingerprint density at radius 1 is 1.55 bits per heavy atom. The number of aliphatic carboxylic acids is 1. The number of hydrogen-bond acceptors (Lipinski definition) is 1. The van der Waals surface area contributed by atoms with E-state index in [1.165, 1.54) is 0 Å². The molecule has 0 rings (SSSR count). The smallest absolute Gasteiger partial charge is 0.331 e. The van der Waals surface area contributed by atoms with Crippen molar-refractivity contribution in [1.29, 1.82) is 0 Å². The summed E-state index contributed by atoms with van der Waals surface area (Å²) in [4.78, 5) is 9.95. The van der Waals surface area contributed by atoms with Crippen molar-refractivity contribution < 1.29 is 23.1 Å². The highest BCUT2D eigenvalue weighted by atomic mass is 19.3. The molecule has 0 bridgehead atoms. The van der Waals surface area contributed by atoms with Crippen molar-refractivity contribution in [2.24, 2.45) is 0 Å². The summed E-state index contributed by atoms with van der Waals surface area (Å²) < 4.78 is 35.3. The molecule has 0 fully saturated rings. The highest BCUT2D eigenvalue weighted by Crippen LogP contribution is 2.21. The van der Waals surface area contributed by atoms with Gasteiger partial charge in [-0.05, 0) is 13.0 Å². The third-order valence-corrected chi connectivity index (χ3v) is 0.892. The van der Waals surface area contributed by atoms with Gasteiger partial charge in [0.05, 0.1) is 0 Å². The molecular weight excluding hydrogens is 161 g/mol. The molecule has 0 saturated heterocycles. The Bertz CT molecular complexity index is 186. The van der Waals surface area contributed by atoms with Crippen LogP contribution in [-0.2, 0) is 4.79 Å². The first-order chi connectivity index (χ1) is 4.89. The molecule has 1 N–H and O–H groups in total. The fraction of sp³-hybridized carbons (Fsp3) is 0.333. The molecule has 0 aromatic heterocycles. The molecule has 63 valence electrons. The predicted molar refractivity (Wildman–Crippen MR) is 31.7 cm³/mol. The van der Waals surface area contributed by atoms with Gasteiger partial charge in [-0.25, -0.2) is 9.18 Å². The Labute approximate surface area is 61.3 Å². The van der Waals surface area contributed by atoms with Crippen LogP contribution in [0.2, 0.25) is 0 Å². The maximum absolute atomic E-state index is 12.0. The molecule has 0 aromatic carbocycles. The van der Waals surface area contributed by atoms with Gasteiger partial charge in [-0.15, -0.1) is 0 Å². The lowest BCUT2D eigenvalue weighted by Gasteiger charge is -2.04. The fourth-order valence-corrected chi connectivity index (χ4v) is 0.382. The minimum absolute atomic E-state index is 0.0370. The van der Waals surface area contributed by atoms with Crippen molar-refractivity contribution in [1.82, 2.24) is 0 Å². The molecule has 0 aliphatic carbocycles. The van der Waals surface area contributed by atoms with Crippen LogP contribution in [0.4, 0.5) is 13.2 Å². The predicted octanol–water partition coefficient (Wildman–Crippen LogP) is 1.78. The van der Waals surface area contributed by atoms with Crippen molar-refractivity contribution >= 4 is 5.97 Å². The number of alkyl halides is 2. The van der Waals surface area contributed by atoms with Gasteiger partial charge < -0.3 is 5.11 Å². The summed E-state index contributed by atoms with van der Waals surface area (Å²) in [6.07, 6.45) is 0.0370. The molecule has 0 aliphatic rings. The van der Waals surface area contributed by atoms with Gasteiger partial charge in [-0.3, -0.25) is 0 Å². The van der Waals surface area contributed by atoms with Gasteiger partial charge in [0.1, 0.15) is 0 Å². The maximum atomic E-state index is 12.0. The number of carboxylic acids is 1. The summed E-state index contributed by atoms with van der Waals surface area (Å²) in [6.45, 7) is 0.0964. The minimum Gasteiger partial charge on any atom is -0.478 e. The van der Waals surface area contributed by atoms with Gasteiger partial charge in [0.15, 0.2) is 0 Å². The quantitative estimate of drug-likeness (QED) is 0.650. The monoisotopic (exact) mass is 167 g/mol. The van der Waals surface area contributed by atoms with Crippen LogP contribution in [0.15, 0.2) is 11.6 Å². The Balaban J connectivity index is 4.41. The van der Waals surface area contributed by atoms with Crippen molar-refractivity contribution in [3.8, 4) is 0 Å². The average molecular weight is 167 g/mol. The molecule has 11 heavy (non-hydrogen) atoms. The maximum Gasteiger partial charge on any atom is 0.331 e. The standard InChI is InChI=1S/C6H6F3O2/c1-4(5(10)11)2-6(8,9)3-7/h2-3H,1H3,(H,10,11). The van der Waals surface area contributed by atoms with Crippen LogP contribution in [0.25, 0.3) is 0 Å². The van der Waals surface area contributed by atoms with Crippen LogP contribution < -0.4 is 0 Å². The molecule has 0 spiro atoms. The molecule has 1 radical (unpaired) electrons. The lowest BCUT2D eigenvalue weighted by atomic mass is 10.2. The van der Waals surface area contributed by atoms with Crippen molar-refractivity contribution in [2.45, 2.75) is 12.8 Å².